The molecule has 1 aromatic heterocycles. The average molecular weight is 224 g/mol. The molecule has 0 atom stereocenters. The van der Waals surface area contributed by atoms with Crippen molar-refractivity contribution < 1.29 is 4.79 Å². The SMILES string of the molecule is O=C(CCCl)Nc1cccc2cn[nH]c12. The van der Waals surface area contributed by atoms with E-state index >= 15 is 0 Å². The van der Waals surface area contributed by atoms with E-state index in [1.54, 1.807) is 6.20 Å². The van der Waals surface area contributed by atoms with Gasteiger partial charge < -0.3 is 5.32 Å². The Morgan fingerprint density at radius 3 is 3.20 bits per heavy atom. The first kappa shape index (κ1) is 9.98. The molecule has 0 aliphatic rings. The smallest absolute Gasteiger partial charge is 0.225 e. The second-order valence-electron chi connectivity index (χ2n) is 3.13. The predicted octanol–water partition coefficient (Wildman–Crippen LogP) is 2.13. The molecule has 1 amide bonds. The van der Waals surface area contributed by atoms with Gasteiger partial charge in [-0.25, -0.2) is 0 Å². The maximum atomic E-state index is 11.3. The number of fused-ring (bicyclic) bond motifs is 1. The number of nitrogens with zero attached hydrogens (tertiary/aromatic N) is 1. The number of H-pyrrole nitrogens is 1. The van der Waals surface area contributed by atoms with Crippen molar-refractivity contribution in [3.8, 4) is 0 Å². The summed E-state index contributed by atoms with van der Waals surface area (Å²) >= 11 is 5.48. The van der Waals surface area contributed by atoms with Gasteiger partial charge in [-0.2, -0.15) is 5.10 Å². The summed E-state index contributed by atoms with van der Waals surface area (Å²) in [5, 5.41) is 10.5. The van der Waals surface area contributed by atoms with Gasteiger partial charge in [0.25, 0.3) is 0 Å². The second-order valence-corrected chi connectivity index (χ2v) is 3.50. The van der Waals surface area contributed by atoms with Crippen molar-refractivity contribution in [2.45, 2.75) is 6.42 Å². The number of aromatic nitrogens is 2. The van der Waals surface area contributed by atoms with E-state index in [1.165, 1.54) is 0 Å². The molecule has 0 saturated heterocycles. The Kier molecular flexibility index (Phi) is 2.87. The van der Waals surface area contributed by atoms with Gasteiger partial charge in [0.05, 0.1) is 17.4 Å². The van der Waals surface area contributed by atoms with Gasteiger partial charge in [0, 0.05) is 17.7 Å². The Bertz CT molecular complexity index is 480. The second kappa shape index (κ2) is 4.31. The lowest BCUT2D eigenvalue weighted by Gasteiger charge is -2.04. The molecule has 0 bridgehead atoms. The molecule has 0 aliphatic carbocycles. The van der Waals surface area contributed by atoms with Crippen molar-refractivity contribution in [1.29, 1.82) is 0 Å². The highest BCUT2D eigenvalue weighted by atomic mass is 35.5. The van der Waals surface area contributed by atoms with E-state index in [2.05, 4.69) is 15.5 Å². The largest absolute Gasteiger partial charge is 0.324 e. The minimum Gasteiger partial charge on any atom is -0.324 e. The van der Waals surface area contributed by atoms with Crippen LogP contribution >= 0.6 is 11.6 Å². The average Bonchev–Trinajstić information content (AvgIpc) is 2.67. The fourth-order valence-corrected chi connectivity index (χ4v) is 1.54. The zero-order chi connectivity index (χ0) is 10.7. The quantitative estimate of drug-likeness (QED) is 0.784. The van der Waals surface area contributed by atoms with Crippen LogP contribution in [0, 0.1) is 0 Å². The Morgan fingerprint density at radius 2 is 2.40 bits per heavy atom. The number of rotatable bonds is 3. The van der Waals surface area contributed by atoms with Crippen molar-refractivity contribution in [1.82, 2.24) is 10.2 Å². The fraction of sp³-hybridized carbons (Fsp3) is 0.200. The molecule has 2 rings (SSSR count). The van der Waals surface area contributed by atoms with Crippen LogP contribution in [0.3, 0.4) is 0 Å². The Morgan fingerprint density at radius 1 is 1.53 bits per heavy atom. The first-order valence-electron chi connectivity index (χ1n) is 4.59. The summed E-state index contributed by atoms with van der Waals surface area (Å²) in [6.07, 6.45) is 2.03. The van der Waals surface area contributed by atoms with Crippen molar-refractivity contribution >= 4 is 34.1 Å². The summed E-state index contributed by atoms with van der Waals surface area (Å²) in [6, 6.07) is 5.62. The zero-order valence-corrected chi connectivity index (χ0v) is 8.71. The van der Waals surface area contributed by atoms with Crippen molar-refractivity contribution in [3.05, 3.63) is 24.4 Å². The number of hydrogen-bond donors (Lipinski definition) is 2. The van der Waals surface area contributed by atoms with Crippen LogP contribution in [0.1, 0.15) is 6.42 Å². The van der Waals surface area contributed by atoms with E-state index in [1.807, 2.05) is 18.2 Å². The molecule has 1 aromatic carbocycles. The van der Waals surface area contributed by atoms with Gasteiger partial charge >= 0.3 is 0 Å². The molecule has 4 nitrogen and oxygen atoms in total. The third-order valence-corrected chi connectivity index (χ3v) is 2.26. The molecule has 15 heavy (non-hydrogen) atoms. The monoisotopic (exact) mass is 223 g/mol. The highest BCUT2D eigenvalue weighted by Crippen LogP contribution is 2.20. The summed E-state index contributed by atoms with van der Waals surface area (Å²) in [7, 11) is 0. The fourth-order valence-electron chi connectivity index (χ4n) is 1.37. The number of alkyl halides is 1. The number of aromatic amines is 1. The van der Waals surface area contributed by atoms with E-state index in [0.29, 0.717) is 12.3 Å². The molecule has 5 heteroatoms. The van der Waals surface area contributed by atoms with Gasteiger partial charge in [-0.3, -0.25) is 9.89 Å². The van der Waals surface area contributed by atoms with Gasteiger partial charge in [-0.15, -0.1) is 11.6 Å². The van der Waals surface area contributed by atoms with Crippen molar-refractivity contribution in [3.63, 3.8) is 0 Å². The molecular formula is C10H10ClN3O. The van der Waals surface area contributed by atoms with E-state index in [-0.39, 0.29) is 5.91 Å². The summed E-state index contributed by atoms with van der Waals surface area (Å²) in [5.41, 5.74) is 1.57. The number of amides is 1. The first-order valence-corrected chi connectivity index (χ1v) is 5.12. The summed E-state index contributed by atoms with van der Waals surface area (Å²) in [5.74, 6) is 0.234. The van der Waals surface area contributed by atoms with E-state index in [9.17, 15) is 4.79 Å². The molecule has 0 aliphatic heterocycles. The molecule has 1 heterocycles. The lowest BCUT2D eigenvalue weighted by Crippen LogP contribution is -2.11. The number of halogens is 1. The maximum absolute atomic E-state index is 11.3. The number of anilines is 1. The molecule has 0 spiro atoms. The van der Waals surface area contributed by atoms with Crippen molar-refractivity contribution in [2.24, 2.45) is 0 Å². The third kappa shape index (κ3) is 2.10. The van der Waals surface area contributed by atoms with Gasteiger partial charge in [0.2, 0.25) is 5.91 Å². The highest BCUT2D eigenvalue weighted by molar-refractivity contribution is 6.19. The van der Waals surface area contributed by atoms with Crippen LogP contribution in [-0.4, -0.2) is 22.0 Å². The van der Waals surface area contributed by atoms with Gasteiger partial charge in [0.1, 0.15) is 0 Å². The summed E-state index contributed by atoms with van der Waals surface area (Å²) in [6.45, 7) is 0. The van der Waals surface area contributed by atoms with Crippen LogP contribution in [0.4, 0.5) is 5.69 Å². The van der Waals surface area contributed by atoms with Crippen LogP contribution in [-0.2, 0) is 4.79 Å². The minimum atomic E-state index is -0.0906. The molecular weight excluding hydrogens is 214 g/mol. The number of nitrogens with one attached hydrogen (secondary N) is 2. The molecule has 2 aromatic rings. The van der Waals surface area contributed by atoms with Crippen LogP contribution in [0.2, 0.25) is 0 Å². The Hall–Kier alpha value is -1.55. The Labute approximate surface area is 91.6 Å². The molecule has 2 N–H and O–H groups in total. The molecule has 78 valence electrons. The maximum Gasteiger partial charge on any atom is 0.225 e. The first-order chi connectivity index (χ1) is 7.31. The normalized spacial score (nSPS) is 10.5. The van der Waals surface area contributed by atoms with E-state index < -0.39 is 0 Å². The molecule has 0 fully saturated rings. The van der Waals surface area contributed by atoms with Gasteiger partial charge in [0.15, 0.2) is 0 Å². The lowest BCUT2D eigenvalue weighted by atomic mass is 10.2. The molecule has 0 radical (unpaired) electrons. The number of carbonyl (C=O) groups excluding carboxylic acids is 1. The predicted molar refractivity (Wildman–Crippen MR) is 60.1 cm³/mol. The van der Waals surface area contributed by atoms with Crippen LogP contribution in [0.5, 0.6) is 0 Å². The summed E-state index contributed by atoms with van der Waals surface area (Å²) < 4.78 is 0. The third-order valence-electron chi connectivity index (χ3n) is 2.07. The standard InChI is InChI=1S/C10H10ClN3O/c11-5-4-9(15)13-8-3-1-2-7-6-12-14-10(7)8/h1-3,6H,4-5H2,(H,12,14)(H,13,15). The highest BCUT2D eigenvalue weighted by Gasteiger charge is 2.05. The number of benzene rings is 1. The topological polar surface area (TPSA) is 57.8 Å². The Balaban J connectivity index is 2.27. The van der Waals surface area contributed by atoms with Crippen LogP contribution < -0.4 is 5.32 Å². The number of para-hydroxylation sites is 1. The lowest BCUT2D eigenvalue weighted by molar-refractivity contribution is -0.115. The van der Waals surface area contributed by atoms with Crippen LogP contribution in [0.25, 0.3) is 10.9 Å². The van der Waals surface area contributed by atoms with E-state index in [4.69, 9.17) is 11.6 Å². The van der Waals surface area contributed by atoms with Gasteiger partial charge in [-0.1, -0.05) is 12.1 Å². The minimum absolute atomic E-state index is 0.0906. The summed E-state index contributed by atoms with van der Waals surface area (Å²) in [4.78, 5) is 11.3. The van der Waals surface area contributed by atoms with E-state index in [0.717, 1.165) is 16.6 Å². The number of hydrogen-bond acceptors (Lipinski definition) is 2. The molecule has 0 unspecified atom stereocenters. The zero-order valence-electron chi connectivity index (χ0n) is 7.96. The molecule has 0 saturated carbocycles. The van der Waals surface area contributed by atoms with Gasteiger partial charge in [-0.05, 0) is 6.07 Å². The van der Waals surface area contributed by atoms with Crippen molar-refractivity contribution in [2.75, 3.05) is 11.2 Å². The van der Waals surface area contributed by atoms with Crippen LogP contribution in [0.15, 0.2) is 24.4 Å². The number of carbonyl (C=O) groups is 1.